The lowest BCUT2D eigenvalue weighted by atomic mass is 10.0. The number of likely N-dealkylation sites (tertiary alicyclic amines) is 1. The average molecular weight is 356 g/mol. The molecule has 0 radical (unpaired) electrons. The first-order valence-electron chi connectivity index (χ1n) is 8.15. The first kappa shape index (κ1) is 17.3. The zero-order valence-electron chi connectivity index (χ0n) is 13.7. The number of carbonyl (C=O) groups excluding carboxylic acids is 1. The lowest BCUT2D eigenvalue weighted by Gasteiger charge is -2.32. The highest BCUT2D eigenvalue weighted by atomic mass is 35.5. The zero-order valence-corrected chi connectivity index (χ0v) is 14.4. The third-order valence-corrected chi connectivity index (χ3v) is 4.60. The van der Waals surface area contributed by atoms with Crippen molar-refractivity contribution < 1.29 is 4.79 Å². The Labute approximate surface area is 151 Å². The maximum Gasteiger partial charge on any atom is 0.272 e. The molecular weight excluding hydrogens is 338 g/mol. The van der Waals surface area contributed by atoms with Crippen molar-refractivity contribution >= 4 is 17.5 Å². The summed E-state index contributed by atoms with van der Waals surface area (Å²) in [5, 5.41) is 20.0. The van der Waals surface area contributed by atoms with Crippen molar-refractivity contribution in [3.63, 3.8) is 0 Å². The second kappa shape index (κ2) is 8.06. The van der Waals surface area contributed by atoms with E-state index >= 15 is 0 Å². The van der Waals surface area contributed by atoms with Crippen molar-refractivity contribution in [2.24, 2.45) is 0 Å². The van der Waals surface area contributed by atoms with Crippen LogP contribution in [0.4, 0.5) is 0 Å². The summed E-state index contributed by atoms with van der Waals surface area (Å²) in [6.07, 6.45) is 3.32. The number of nitrogens with zero attached hydrogens (tertiary/aromatic N) is 4. The van der Waals surface area contributed by atoms with Crippen LogP contribution >= 0.6 is 11.6 Å². The van der Waals surface area contributed by atoms with E-state index in [1.165, 1.54) is 0 Å². The number of aromatic nitrogens is 2. The number of halogens is 1. The first-order chi connectivity index (χ1) is 12.2. The molecule has 2 heterocycles. The predicted molar refractivity (Wildman–Crippen MR) is 94.0 cm³/mol. The SMILES string of the molecule is N#Cc1ccc(CN2CCC(NC(=O)c3cccnn3)CC2)cc1Cl. The van der Waals surface area contributed by atoms with E-state index in [4.69, 9.17) is 16.9 Å². The number of nitriles is 1. The molecule has 2 aromatic rings. The molecule has 7 heteroatoms. The zero-order chi connectivity index (χ0) is 17.6. The smallest absolute Gasteiger partial charge is 0.272 e. The Morgan fingerprint density at radius 1 is 1.36 bits per heavy atom. The Morgan fingerprint density at radius 2 is 2.16 bits per heavy atom. The van der Waals surface area contributed by atoms with Gasteiger partial charge in [0.25, 0.3) is 5.91 Å². The molecule has 1 saturated heterocycles. The Balaban J connectivity index is 1.50. The molecule has 3 rings (SSSR count). The van der Waals surface area contributed by atoms with Crippen molar-refractivity contribution in [3.8, 4) is 6.07 Å². The number of rotatable bonds is 4. The molecule has 0 atom stereocenters. The van der Waals surface area contributed by atoms with Gasteiger partial charge in [0.2, 0.25) is 0 Å². The molecule has 25 heavy (non-hydrogen) atoms. The highest BCUT2D eigenvalue weighted by molar-refractivity contribution is 6.31. The molecule has 1 amide bonds. The van der Waals surface area contributed by atoms with Crippen molar-refractivity contribution in [1.29, 1.82) is 5.26 Å². The molecule has 128 valence electrons. The highest BCUT2D eigenvalue weighted by Crippen LogP contribution is 2.20. The molecule has 1 aliphatic rings. The molecular formula is C18H18ClN5O. The van der Waals surface area contributed by atoms with Crippen LogP contribution in [0.15, 0.2) is 36.5 Å². The van der Waals surface area contributed by atoms with Crippen molar-refractivity contribution in [2.45, 2.75) is 25.4 Å². The summed E-state index contributed by atoms with van der Waals surface area (Å²) >= 11 is 6.09. The topological polar surface area (TPSA) is 81.9 Å². The Hall–Kier alpha value is -2.49. The molecule has 1 aromatic heterocycles. The van der Waals surface area contributed by atoms with Crippen molar-refractivity contribution in [3.05, 3.63) is 58.4 Å². The maximum atomic E-state index is 12.1. The molecule has 1 aliphatic heterocycles. The number of hydrogen-bond donors (Lipinski definition) is 1. The molecule has 0 spiro atoms. The summed E-state index contributed by atoms with van der Waals surface area (Å²) < 4.78 is 0. The molecule has 1 N–H and O–H groups in total. The molecule has 0 bridgehead atoms. The summed E-state index contributed by atoms with van der Waals surface area (Å²) in [5.41, 5.74) is 1.93. The van der Waals surface area contributed by atoms with Gasteiger partial charge in [0.1, 0.15) is 6.07 Å². The molecule has 0 saturated carbocycles. The molecule has 0 unspecified atom stereocenters. The van der Waals surface area contributed by atoms with Crippen LogP contribution in [0.3, 0.4) is 0 Å². The van der Waals surface area contributed by atoms with Gasteiger partial charge in [0.15, 0.2) is 5.69 Å². The number of carbonyl (C=O) groups is 1. The monoisotopic (exact) mass is 355 g/mol. The minimum absolute atomic E-state index is 0.148. The van der Waals surface area contributed by atoms with E-state index in [0.29, 0.717) is 16.3 Å². The van der Waals surface area contributed by atoms with Gasteiger partial charge in [-0.2, -0.15) is 10.4 Å². The number of piperidine rings is 1. The second-order valence-corrected chi connectivity index (χ2v) is 6.47. The number of amides is 1. The molecule has 1 fully saturated rings. The van der Waals surface area contributed by atoms with Crippen LogP contribution < -0.4 is 5.32 Å². The Morgan fingerprint density at radius 3 is 2.80 bits per heavy atom. The number of nitrogens with one attached hydrogen (secondary N) is 1. The minimum Gasteiger partial charge on any atom is -0.348 e. The van der Waals surface area contributed by atoms with Gasteiger partial charge in [-0.25, -0.2) is 0 Å². The van der Waals surface area contributed by atoms with Gasteiger partial charge in [-0.1, -0.05) is 17.7 Å². The first-order valence-corrected chi connectivity index (χ1v) is 8.53. The van der Waals surface area contributed by atoms with Gasteiger partial charge in [-0.15, -0.1) is 5.10 Å². The summed E-state index contributed by atoms with van der Waals surface area (Å²) in [5.74, 6) is -0.176. The van der Waals surface area contributed by atoms with E-state index in [-0.39, 0.29) is 11.9 Å². The Bertz CT molecular complexity index is 782. The lowest BCUT2D eigenvalue weighted by molar-refractivity contribution is 0.0903. The fraction of sp³-hybridized carbons (Fsp3) is 0.333. The second-order valence-electron chi connectivity index (χ2n) is 6.06. The number of hydrogen-bond acceptors (Lipinski definition) is 5. The third kappa shape index (κ3) is 4.53. The summed E-state index contributed by atoms with van der Waals surface area (Å²) in [6.45, 7) is 2.57. The highest BCUT2D eigenvalue weighted by Gasteiger charge is 2.21. The minimum atomic E-state index is -0.176. The quantitative estimate of drug-likeness (QED) is 0.910. The van der Waals surface area contributed by atoms with E-state index in [1.807, 2.05) is 12.1 Å². The van der Waals surface area contributed by atoms with Crippen LogP contribution in [0.2, 0.25) is 5.02 Å². The van der Waals surface area contributed by atoms with Crippen molar-refractivity contribution in [1.82, 2.24) is 20.4 Å². The van der Waals surface area contributed by atoms with Crippen LogP contribution in [0.25, 0.3) is 0 Å². The summed E-state index contributed by atoms with van der Waals surface area (Å²) in [4.78, 5) is 14.4. The van der Waals surface area contributed by atoms with Gasteiger partial charge in [0, 0.05) is 31.9 Å². The molecule has 1 aromatic carbocycles. The third-order valence-electron chi connectivity index (χ3n) is 4.29. The molecule has 0 aliphatic carbocycles. The van der Waals surface area contributed by atoms with Gasteiger partial charge in [-0.05, 0) is 42.7 Å². The van der Waals surface area contributed by atoms with E-state index < -0.39 is 0 Å². The largest absolute Gasteiger partial charge is 0.348 e. The van der Waals surface area contributed by atoms with E-state index in [2.05, 4.69) is 26.5 Å². The summed E-state index contributed by atoms with van der Waals surface area (Å²) in [7, 11) is 0. The van der Waals surface area contributed by atoms with Crippen molar-refractivity contribution in [2.75, 3.05) is 13.1 Å². The van der Waals surface area contributed by atoms with Gasteiger partial charge in [0.05, 0.1) is 10.6 Å². The molecule has 6 nitrogen and oxygen atoms in total. The fourth-order valence-electron chi connectivity index (χ4n) is 2.92. The van der Waals surface area contributed by atoms with Crippen LogP contribution in [-0.4, -0.2) is 40.1 Å². The van der Waals surface area contributed by atoms with Crippen LogP contribution in [-0.2, 0) is 6.54 Å². The predicted octanol–water partition coefficient (Wildman–Crippen LogP) is 2.40. The van der Waals surface area contributed by atoms with E-state index in [9.17, 15) is 4.79 Å². The van der Waals surface area contributed by atoms with Gasteiger partial charge in [-0.3, -0.25) is 9.69 Å². The summed E-state index contributed by atoms with van der Waals surface area (Å²) in [6, 6.07) is 11.1. The standard InChI is InChI=1S/C18H18ClN5O/c19-16-10-13(3-4-14(16)11-20)12-24-8-5-15(6-9-24)22-18(25)17-2-1-7-21-23-17/h1-4,7,10,15H,5-6,8-9,12H2,(H,22,25). The number of benzene rings is 1. The van der Waals surface area contributed by atoms with E-state index in [1.54, 1.807) is 24.4 Å². The lowest BCUT2D eigenvalue weighted by Crippen LogP contribution is -2.44. The fourth-order valence-corrected chi connectivity index (χ4v) is 3.17. The van der Waals surface area contributed by atoms with Crippen LogP contribution in [0.1, 0.15) is 34.5 Å². The average Bonchev–Trinajstić information content (AvgIpc) is 2.64. The van der Waals surface area contributed by atoms with Crippen LogP contribution in [0.5, 0.6) is 0 Å². The normalized spacial score (nSPS) is 15.5. The van der Waals surface area contributed by atoms with Gasteiger partial charge < -0.3 is 5.32 Å². The maximum absolute atomic E-state index is 12.1. The van der Waals surface area contributed by atoms with E-state index in [0.717, 1.165) is 38.0 Å². The Kier molecular flexibility index (Phi) is 5.59. The van der Waals surface area contributed by atoms with Gasteiger partial charge >= 0.3 is 0 Å². The van der Waals surface area contributed by atoms with Crippen LogP contribution in [0, 0.1) is 11.3 Å².